The van der Waals surface area contributed by atoms with E-state index < -0.39 is 0 Å². The molecule has 1 aromatic heterocycles. The molecule has 4 nitrogen and oxygen atoms in total. The van der Waals surface area contributed by atoms with E-state index in [-0.39, 0.29) is 0 Å². The van der Waals surface area contributed by atoms with E-state index in [1.807, 2.05) is 12.3 Å². The summed E-state index contributed by atoms with van der Waals surface area (Å²) >= 11 is 0. The summed E-state index contributed by atoms with van der Waals surface area (Å²) in [6, 6.07) is 12.7. The summed E-state index contributed by atoms with van der Waals surface area (Å²) < 4.78 is 0. The number of hydrogen-bond donors (Lipinski definition) is 0. The summed E-state index contributed by atoms with van der Waals surface area (Å²) in [5.74, 6) is 0. The average Bonchev–Trinajstić information content (AvgIpc) is 2.98. The van der Waals surface area contributed by atoms with Crippen LogP contribution in [0.25, 0.3) is 0 Å². The van der Waals surface area contributed by atoms with E-state index in [1.54, 1.807) is 6.20 Å². The molecule has 0 aliphatic carbocycles. The van der Waals surface area contributed by atoms with Crippen molar-refractivity contribution in [3.63, 3.8) is 0 Å². The highest BCUT2D eigenvalue weighted by Crippen LogP contribution is 2.22. The molecule has 4 heteroatoms. The highest BCUT2D eigenvalue weighted by Gasteiger charge is 2.17. The zero-order valence-electron chi connectivity index (χ0n) is 12.5. The van der Waals surface area contributed by atoms with Crippen molar-refractivity contribution >= 4 is 11.4 Å². The first kappa shape index (κ1) is 13.8. The summed E-state index contributed by atoms with van der Waals surface area (Å²) in [5, 5.41) is 6.79. The van der Waals surface area contributed by atoms with Gasteiger partial charge in [0, 0.05) is 37.5 Å². The van der Waals surface area contributed by atoms with Crippen molar-refractivity contribution in [3.05, 3.63) is 59.9 Å². The first-order chi connectivity index (χ1) is 10.2. The van der Waals surface area contributed by atoms with Crippen LogP contribution in [-0.2, 0) is 6.54 Å². The molecule has 21 heavy (non-hydrogen) atoms. The van der Waals surface area contributed by atoms with Crippen molar-refractivity contribution in [3.8, 4) is 0 Å². The van der Waals surface area contributed by atoms with Gasteiger partial charge in [0.05, 0.1) is 11.4 Å². The van der Waals surface area contributed by atoms with Gasteiger partial charge in [-0.2, -0.15) is 5.10 Å². The minimum atomic E-state index is 0.928. The number of anilines is 1. The van der Waals surface area contributed by atoms with Crippen LogP contribution in [0.1, 0.15) is 17.5 Å². The second kappa shape index (κ2) is 6.06. The van der Waals surface area contributed by atoms with E-state index in [2.05, 4.69) is 59.3 Å². The van der Waals surface area contributed by atoms with Crippen LogP contribution in [0.2, 0.25) is 0 Å². The number of pyridine rings is 1. The van der Waals surface area contributed by atoms with Gasteiger partial charge in [0.1, 0.15) is 0 Å². The Morgan fingerprint density at radius 1 is 1.14 bits per heavy atom. The molecular formula is C17H20N4. The quantitative estimate of drug-likeness (QED) is 0.863. The lowest BCUT2D eigenvalue weighted by molar-refractivity contribution is 0.402. The predicted molar refractivity (Wildman–Crippen MR) is 86.6 cm³/mol. The second-order valence-corrected chi connectivity index (χ2v) is 5.57. The van der Waals surface area contributed by atoms with Crippen molar-refractivity contribution < 1.29 is 0 Å². The molecule has 0 radical (unpaired) electrons. The Balaban J connectivity index is 1.75. The van der Waals surface area contributed by atoms with Crippen LogP contribution < -0.4 is 5.01 Å². The maximum Gasteiger partial charge on any atom is 0.0715 e. The SMILES string of the molecule is CN(C)Cc1ccc(N2CCC(c3cccnc3)=N2)cc1. The zero-order chi connectivity index (χ0) is 14.7. The molecule has 0 spiro atoms. The molecule has 0 amide bonds. The van der Waals surface area contributed by atoms with Crippen LogP contribution >= 0.6 is 0 Å². The fraction of sp³-hybridized carbons (Fsp3) is 0.294. The Bertz CT molecular complexity index is 617. The molecule has 0 bridgehead atoms. The maximum atomic E-state index is 4.72. The number of benzene rings is 1. The Morgan fingerprint density at radius 2 is 1.95 bits per heavy atom. The van der Waals surface area contributed by atoms with Crippen molar-refractivity contribution in [2.45, 2.75) is 13.0 Å². The Hall–Kier alpha value is -2.20. The molecule has 0 saturated heterocycles. The van der Waals surface area contributed by atoms with Crippen LogP contribution in [0.15, 0.2) is 53.9 Å². The molecular weight excluding hydrogens is 260 g/mol. The van der Waals surface area contributed by atoms with Gasteiger partial charge in [0.15, 0.2) is 0 Å². The van der Waals surface area contributed by atoms with Crippen molar-refractivity contribution in [2.24, 2.45) is 5.10 Å². The summed E-state index contributed by atoms with van der Waals surface area (Å²) in [6.45, 7) is 1.89. The minimum Gasteiger partial charge on any atom is -0.305 e. The van der Waals surface area contributed by atoms with E-state index in [1.165, 1.54) is 5.56 Å². The number of hydrazone groups is 1. The summed E-state index contributed by atoms with van der Waals surface area (Å²) in [6.07, 6.45) is 4.63. The lowest BCUT2D eigenvalue weighted by atomic mass is 10.1. The number of rotatable bonds is 4. The summed E-state index contributed by atoms with van der Waals surface area (Å²) in [7, 11) is 4.16. The maximum absolute atomic E-state index is 4.72. The fourth-order valence-corrected chi connectivity index (χ4v) is 2.52. The molecule has 2 aromatic rings. The average molecular weight is 280 g/mol. The van der Waals surface area contributed by atoms with E-state index >= 15 is 0 Å². The standard InChI is InChI=1S/C17H20N4/c1-20(2)13-14-5-7-16(8-6-14)21-11-9-17(19-21)15-4-3-10-18-12-15/h3-8,10,12H,9,11,13H2,1-2H3. The molecule has 3 rings (SSSR count). The van der Waals surface area contributed by atoms with Crippen molar-refractivity contribution in [1.82, 2.24) is 9.88 Å². The summed E-state index contributed by atoms with van der Waals surface area (Å²) in [4.78, 5) is 6.33. The van der Waals surface area contributed by atoms with E-state index in [0.717, 1.165) is 36.5 Å². The topological polar surface area (TPSA) is 31.7 Å². The van der Waals surface area contributed by atoms with Crippen molar-refractivity contribution in [1.29, 1.82) is 0 Å². The lowest BCUT2D eigenvalue weighted by Gasteiger charge is -2.15. The van der Waals surface area contributed by atoms with E-state index in [9.17, 15) is 0 Å². The van der Waals surface area contributed by atoms with Gasteiger partial charge in [-0.1, -0.05) is 18.2 Å². The predicted octanol–water partition coefficient (Wildman–Crippen LogP) is 2.76. The first-order valence-corrected chi connectivity index (χ1v) is 7.21. The van der Waals surface area contributed by atoms with Gasteiger partial charge < -0.3 is 4.90 Å². The largest absolute Gasteiger partial charge is 0.305 e. The normalized spacial score (nSPS) is 14.6. The lowest BCUT2D eigenvalue weighted by Crippen LogP contribution is -2.13. The van der Waals surface area contributed by atoms with E-state index in [4.69, 9.17) is 5.10 Å². The molecule has 0 fully saturated rings. The van der Waals surface area contributed by atoms with Gasteiger partial charge in [-0.25, -0.2) is 0 Å². The Morgan fingerprint density at radius 3 is 2.62 bits per heavy atom. The summed E-state index contributed by atoms with van der Waals surface area (Å²) in [5.41, 5.74) is 4.69. The molecule has 2 heterocycles. The van der Waals surface area contributed by atoms with Crippen molar-refractivity contribution in [2.75, 3.05) is 25.6 Å². The van der Waals surface area contributed by atoms with Gasteiger partial charge >= 0.3 is 0 Å². The number of aromatic nitrogens is 1. The van der Waals surface area contributed by atoms with Gasteiger partial charge in [0.25, 0.3) is 0 Å². The molecule has 0 saturated carbocycles. The Kier molecular flexibility index (Phi) is 3.97. The molecule has 0 N–H and O–H groups in total. The van der Waals surface area contributed by atoms with Gasteiger partial charge in [-0.3, -0.25) is 9.99 Å². The van der Waals surface area contributed by atoms with Crippen LogP contribution in [0, 0.1) is 0 Å². The molecule has 0 atom stereocenters. The van der Waals surface area contributed by atoms with Crippen LogP contribution in [0.4, 0.5) is 5.69 Å². The monoisotopic (exact) mass is 280 g/mol. The molecule has 1 aliphatic heterocycles. The van der Waals surface area contributed by atoms with Crippen LogP contribution in [0.3, 0.4) is 0 Å². The third-order valence-electron chi connectivity index (χ3n) is 3.53. The highest BCUT2D eigenvalue weighted by molar-refractivity contribution is 6.02. The number of hydrogen-bond acceptors (Lipinski definition) is 4. The Labute approximate surface area is 125 Å². The van der Waals surface area contributed by atoms with Crippen LogP contribution in [-0.4, -0.2) is 36.2 Å². The van der Waals surface area contributed by atoms with E-state index in [0.29, 0.717) is 0 Å². The molecule has 1 aliphatic rings. The smallest absolute Gasteiger partial charge is 0.0715 e. The zero-order valence-corrected chi connectivity index (χ0v) is 12.5. The van der Waals surface area contributed by atoms with Gasteiger partial charge in [-0.05, 0) is 37.9 Å². The molecule has 1 aromatic carbocycles. The minimum absolute atomic E-state index is 0.928. The van der Waals surface area contributed by atoms with Crippen LogP contribution in [0.5, 0.6) is 0 Å². The van der Waals surface area contributed by atoms with Gasteiger partial charge in [0.2, 0.25) is 0 Å². The molecule has 0 unspecified atom stereocenters. The molecule has 108 valence electrons. The second-order valence-electron chi connectivity index (χ2n) is 5.57. The third-order valence-corrected chi connectivity index (χ3v) is 3.53. The third kappa shape index (κ3) is 3.28. The fourth-order valence-electron chi connectivity index (χ4n) is 2.52. The number of nitrogens with zero attached hydrogens (tertiary/aromatic N) is 4. The highest BCUT2D eigenvalue weighted by atomic mass is 15.5. The first-order valence-electron chi connectivity index (χ1n) is 7.21. The van der Waals surface area contributed by atoms with Gasteiger partial charge in [-0.15, -0.1) is 0 Å².